The summed E-state index contributed by atoms with van der Waals surface area (Å²) in [5.41, 5.74) is 8.82. The first kappa shape index (κ1) is 13.3. The fourth-order valence-electron chi connectivity index (χ4n) is 2.99. The number of ether oxygens (including phenoxy) is 1. The van der Waals surface area contributed by atoms with Gasteiger partial charge in [-0.05, 0) is 38.3 Å². The van der Waals surface area contributed by atoms with Crippen molar-refractivity contribution in [3.63, 3.8) is 0 Å². The van der Waals surface area contributed by atoms with E-state index in [9.17, 15) is 0 Å². The van der Waals surface area contributed by atoms with Crippen LogP contribution in [0.4, 0.5) is 5.69 Å². The molecule has 7 heteroatoms. The molecule has 0 radical (unpaired) electrons. The van der Waals surface area contributed by atoms with E-state index in [-0.39, 0.29) is 6.23 Å². The van der Waals surface area contributed by atoms with Crippen molar-refractivity contribution >= 4 is 16.6 Å². The van der Waals surface area contributed by atoms with Crippen LogP contribution in [0.15, 0.2) is 24.7 Å². The molecule has 1 saturated heterocycles. The predicted molar refractivity (Wildman–Crippen MR) is 82.6 cm³/mol. The van der Waals surface area contributed by atoms with E-state index in [1.54, 1.807) is 6.33 Å². The predicted octanol–water partition coefficient (Wildman–Crippen LogP) is 2.21. The quantitative estimate of drug-likeness (QED) is 0.733. The third-order valence-corrected chi connectivity index (χ3v) is 4.16. The summed E-state index contributed by atoms with van der Waals surface area (Å²) < 4.78 is 9.70. The summed E-state index contributed by atoms with van der Waals surface area (Å²) in [5.74, 6) is 0.818. The Bertz CT molecular complexity index is 815. The summed E-state index contributed by atoms with van der Waals surface area (Å²) in [6, 6.07) is 3.99. The Hall–Kier alpha value is -2.41. The van der Waals surface area contributed by atoms with Crippen LogP contribution in [0.5, 0.6) is 0 Å². The fraction of sp³-hybridized carbons (Fsp3) is 0.400. The number of nitrogens with zero attached hydrogens (tertiary/aromatic N) is 5. The van der Waals surface area contributed by atoms with Gasteiger partial charge in [-0.25, -0.2) is 4.68 Å². The lowest BCUT2D eigenvalue weighted by Crippen LogP contribution is -2.19. The van der Waals surface area contributed by atoms with E-state index < -0.39 is 0 Å². The topological polar surface area (TPSA) is 83.8 Å². The molecule has 1 unspecified atom stereocenters. The van der Waals surface area contributed by atoms with Crippen LogP contribution in [0.1, 0.15) is 31.3 Å². The van der Waals surface area contributed by atoms with Crippen molar-refractivity contribution < 1.29 is 4.74 Å². The normalized spacial score (nSPS) is 18.9. The van der Waals surface area contributed by atoms with E-state index in [0.717, 1.165) is 48.3 Å². The zero-order valence-electron chi connectivity index (χ0n) is 12.4. The van der Waals surface area contributed by atoms with Gasteiger partial charge in [-0.2, -0.15) is 5.10 Å². The molecule has 4 rings (SSSR count). The van der Waals surface area contributed by atoms with Gasteiger partial charge >= 0.3 is 0 Å². The monoisotopic (exact) mass is 298 g/mol. The highest BCUT2D eigenvalue weighted by atomic mass is 16.5. The third kappa shape index (κ3) is 2.05. The standard InChI is InChI=1S/C15H18N6O/c1-10-19-17-9-20(10)11-6-13(16)12-8-18-21(14(12)7-11)15-4-2-3-5-22-15/h6-9,15H,2-5,16H2,1H3. The molecule has 1 atom stereocenters. The van der Waals surface area contributed by atoms with E-state index in [4.69, 9.17) is 10.5 Å². The van der Waals surface area contributed by atoms with Crippen molar-refractivity contribution in [1.29, 1.82) is 0 Å². The minimum Gasteiger partial charge on any atom is -0.398 e. The first-order chi connectivity index (χ1) is 10.7. The van der Waals surface area contributed by atoms with E-state index in [2.05, 4.69) is 21.4 Å². The van der Waals surface area contributed by atoms with Crippen molar-refractivity contribution in [3.05, 3.63) is 30.5 Å². The van der Waals surface area contributed by atoms with E-state index in [0.29, 0.717) is 5.69 Å². The van der Waals surface area contributed by atoms with Crippen LogP contribution in [0.3, 0.4) is 0 Å². The van der Waals surface area contributed by atoms with Crippen LogP contribution in [-0.2, 0) is 4.74 Å². The van der Waals surface area contributed by atoms with Gasteiger partial charge in [0.05, 0.1) is 17.4 Å². The lowest BCUT2D eigenvalue weighted by Gasteiger charge is -2.23. The molecule has 3 heterocycles. The summed E-state index contributed by atoms with van der Waals surface area (Å²) in [4.78, 5) is 0. The Morgan fingerprint density at radius 2 is 2.23 bits per heavy atom. The van der Waals surface area contributed by atoms with Gasteiger partial charge in [-0.1, -0.05) is 0 Å². The molecule has 1 fully saturated rings. The Morgan fingerprint density at radius 3 is 2.95 bits per heavy atom. The highest BCUT2D eigenvalue weighted by Crippen LogP contribution is 2.30. The molecule has 1 aliphatic rings. The molecular weight excluding hydrogens is 280 g/mol. The molecule has 0 aliphatic carbocycles. The van der Waals surface area contributed by atoms with Crippen LogP contribution in [0.25, 0.3) is 16.6 Å². The Balaban J connectivity index is 1.86. The van der Waals surface area contributed by atoms with Gasteiger partial charge < -0.3 is 10.5 Å². The summed E-state index contributed by atoms with van der Waals surface area (Å²) in [6.07, 6.45) is 6.74. The molecule has 114 valence electrons. The number of rotatable bonds is 2. The molecule has 0 amide bonds. The maximum atomic E-state index is 6.21. The van der Waals surface area contributed by atoms with Gasteiger partial charge in [0.15, 0.2) is 6.23 Å². The van der Waals surface area contributed by atoms with Crippen LogP contribution < -0.4 is 5.73 Å². The lowest BCUT2D eigenvalue weighted by molar-refractivity contribution is -0.0366. The number of hydrogen-bond donors (Lipinski definition) is 1. The summed E-state index contributed by atoms with van der Waals surface area (Å²) in [5, 5.41) is 13.4. The van der Waals surface area contributed by atoms with Crippen molar-refractivity contribution in [2.45, 2.75) is 32.4 Å². The number of nitrogens with two attached hydrogens (primary N) is 1. The van der Waals surface area contributed by atoms with Gasteiger partial charge in [0.25, 0.3) is 0 Å². The van der Waals surface area contributed by atoms with Gasteiger partial charge in [0.2, 0.25) is 0 Å². The minimum absolute atomic E-state index is 0.0112. The van der Waals surface area contributed by atoms with Gasteiger partial charge in [0, 0.05) is 17.7 Å². The second-order valence-electron chi connectivity index (χ2n) is 5.63. The van der Waals surface area contributed by atoms with E-state index >= 15 is 0 Å². The maximum Gasteiger partial charge on any atom is 0.150 e. The Kier molecular flexibility index (Phi) is 3.07. The van der Waals surface area contributed by atoms with Gasteiger partial charge in [-0.3, -0.25) is 4.57 Å². The molecule has 2 aromatic heterocycles. The first-order valence-electron chi connectivity index (χ1n) is 7.49. The SMILES string of the molecule is Cc1nncn1-c1cc(N)c2cnn(C3CCCCO3)c2c1. The molecule has 1 aromatic carbocycles. The minimum atomic E-state index is -0.0112. The highest BCUT2D eigenvalue weighted by Gasteiger charge is 2.20. The summed E-state index contributed by atoms with van der Waals surface area (Å²) >= 11 is 0. The number of benzene rings is 1. The average molecular weight is 298 g/mol. The van der Waals surface area contributed by atoms with Gasteiger partial charge in [0.1, 0.15) is 12.2 Å². The molecule has 7 nitrogen and oxygen atoms in total. The molecule has 0 spiro atoms. The number of nitrogen functional groups attached to an aromatic ring is 1. The number of aryl methyl sites for hydroxylation is 1. The largest absolute Gasteiger partial charge is 0.398 e. The summed E-state index contributed by atoms with van der Waals surface area (Å²) in [6.45, 7) is 2.70. The highest BCUT2D eigenvalue weighted by molar-refractivity contribution is 5.92. The lowest BCUT2D eigenvalue weighted by atomic mass is 10.1. The average Bonchev–Trinajstić information content (AvgIpc) is 3.14. The number of hydrogen-bond acceptors (Lipinski definition) is 5. The van der Waals surface area contributed by atoms with Crippen LogP contribution in [-0.4, -0.2) is 31.2 Å². The first-order valence-corrected chi connectivity index (χ1v) is 7.49. The number of aromatic nitrogens is 5. The second kappa shape index (κ2) is 5.10. The smallest absolute Gasteiger partial charge is 0.150 e. The molecular formula is C15H18N6O. The number of anilines is 1. The molecule has 1 aliphatic heterocycles. The molecule has 22 heavy (non-hydrogen) atoms. The van der Waals surface area contributed by atoms with E-state index in [1.165, 1.54) is 0 Å². The van der Waals surface area contributed by atoms with Crippen molar-refractivity contribution in [3.8, 4) is 5.69 Å². The van der Waals surface area contributed by atoms with Crippen molar-refractivity contribution in [1.82, 2.24) is 24.5 Å². The zero-order chi connectivity index (χ0) is 15.1. The Labute approximate surface area is 127 Å². The van der Waals surface area contributed by atoms with Crippen LogP contribution in [0.2, 0.25) is 0 Å². The van der Waals surface area contributed by atoms with Gasteiger partial charge in [-0.15, -0.1) is 10.2 Å². The second-order valence-corrected chi connectivity index (χ2v) is 5.63. The summed E-state index contributed by atoms with van der Waals surface area (Å²) in [7, 11) is 0. The zero-order valence-corrected chi connectivity index (χ0v) is 12.4. The Morgan fingerprint density at radius 1 is 1.32 bits per heavy atom. The number of fused-ring (bicyclic) bond motifs is 1. The van der Waals surface area contributed by atoms with Crippen LogP contribution in [0, 0.1) is 6.92 Å². The van der Waals surface area contributed by atoms with Crippen LogP contribution >= 0.6 is 0 Å². The van der Waals surface area contributed by atoms with Crippen molar-refractivity contribution in [2.24, 2.45) is 0 Å². The fourth-order valence-corrected chi connectivity index (χ4v) is 2.99. The molecule has 0 bridgehead atoms. The van der Waals surface area contributed by atoms with Crippen molar-refractivity contribution in [2.75, 3.05) is 12.3 Å². The molecule has 2 N–H and O–H groups in total. The maximum absolute atomic E-state index is 6.21. The third-order valence-electron chi connectivity index (χ3n) is 4.16. The molecule has 3 aromatic rings. The van der Waals surface area contributed by atoms with E-state index in [1.807, 2.05) is 28.4 Å². The molecule has 0 saturated carbocycles.